The number of aromatic nitrogens is 1. The largest absolute Gasteiger partial charge is 0.443 e. The molecule has 1 aromatic heterocycles. The number of carbonyl (C=O) groups is 1. The Kier molecular flexibility index (Phi) is 3.19. The average Bonchev–Trinajstić information content (AvgIpc) is 2.89. The van der Waals surface area contributed by atoms with Gasteiger partial charge in [-0.1, -0.05) is 12.1 Å². The molecule has 16 heavy (non-hydrogen) atoms. The molecule has 0 radical (unpaired) electrons. The number of amides is 1. The molecule has 2 heterocycles. The smallest absolute Gasteiger partial charge is 0.222 e. The Labute approximate surface area is 93.9 Å². The first-order valence-corrected chi connectivity index (χ1v) is 5.29. The summed E-state index contributed by atoms with van der Waals surface area (Å²) in [4.78, 5) is 16.2. The molecular weight excluding hydrogens is 204 g/mol. The molecule has 0 saturated carbocycles. The Hall–Kier alpha value is -1.84. The lowest BCUT2D eigenvalue weighted by Crippen LogP contribution is -2.17. The highest BCUT2D eigenvalue weighted by Crippen LogP contribution is 2.09. The zero-order valence-electron chi connectivity index (χ0n) is 9.22. The predicted octanol–water partition coefficient (Wildman–Crippen LogP) is 2.07. The molecule has 1 saturated heterocycles. The van der Waals surface area contributed by atoms with E-state index in [4.69, 9.17) is 4.42 Å². The fourth-order valence-electron chi connectivity index (χ4n) is 1.59. The highest BCUT2D eigenvalue weighted by atomic mass is 16.3. The molecule has 1 aromatic carbocycles. The Morgan fingerprint density at radius 3 is 2.75 bits per heavy atom. The number of oxazole rings is 1. The third-order valence-electron chi connectivity index (χ3n) is 2.55. The summed E-state index contributed by atoms with van der Waals surface area (Å²) in [5, 5.41) is 0. The van der Waals surface area contributed by atoms with Crippen LogP contribution in [0.1, 0.15) is 12.8 Å². The van der Waals surface area contributed by atoms with Gasteiger partial charge in [-0.05, 0) is 18.6 Å². The minimum Gasteiger partial charge on any atom is -0.443 e. The molecule has 0 atom stereocenters. The van der Waals surface area contributed by atoms with E-state index in [1.165, 1.54) is 6.39 Å². The Balaban J connectivity index is 0.000000125. The SMILES string of the molecule is CN1CCCC1=O.c1ccc2ocnc2c1. The molecule has 3 rings (SSSR count). The summed E-state index contributed by atoms with van der Waals surface area (Å²) >= 11 is 0. The summed E-state index contributed by atoms with van der Waals surface area (Å²) < 4.78 is 5.01. The van der Waals surface area contributed by atoms with Gasteiger partial charge in [0.15, 0.2) is 12.0 Å². The Morgan fingerprint density at radius 1 is 1.38 bits per heavy atom. The van der Waals surface area contributed by atoms with E-state index in [1.54, 1.807) is 4.90 Å². The highest BCUT2D eigenvalue weighted by molar-refractivity contribution is 5.77. The summed E-state index contributed by atoms with van der Waals surface area (Å²) in [6, 6.07) is 7.67. The topological polar surface area (TPSA) is 46.3 Å². The van der Waals surface area contributed by atoms with Crippen LogP contribution in [-0.2, 0) is 4.79 Å². The molecule has 2 aromatic rings. The Bertz CT molecular complexity index is 448. The van der Waals surface area contributed by atoms with Gasteiger partial charge in [0.25, 0.3) is 0 Å². The number of benzene rings is 1. The van der Waals surface area contributed by atoms with Crippen molar-refractivity contribution < 1.29 is 9.21 Å². The van der Waals surface area contributed by atoms with Crippen molar-refractivity contribution in [3.8, 4) is 0 Å². The molecule has 1 amide bonds. The lowest BCUT2D eigenvalue weighted by molar-refractivity contribution is -0.126. The van der Waals surface area contributed by atoms with E-state index in [-0.39, 0.29) is 0 Å². The summed E-state index contributed by atoms with van der Waals surface area (Å²) in [5.74, 6) is 0.292. The number of rotatable bonds is 0. The van der Waals surface area contributed by atoms with Crippen LogP contribution in [0.5, 0.6) is 0 Å². The zero-order chi connectivity index (χ0) is 11.4. The lowest BCUT2D eigenvalue weighted by atomic mass is 10.3. The number of fused-ring (bicyclic) bond motifs is 1. The molecule has 0 aliphatic carbocycles. The van der Waals surface area contributed by atoms with Crippen LogP contribution < -0.4 is 0 Å². The van der Waals surface area contributed by atoms with Crippen molar-refractivity contribution in [3.63, 3.8) is 0 Å². The van der Waals surface area contributed by atoms with Crippen molar-refractivity contribution in [3.05, 3.63) is 30.7 Å². The van der Waals surface area contributed by atoms with Crippen LogP contribution in [0.2, 0.25) is 0 Å². The van der Waals surface area contributed by atoms with E-state index >= 15 is 0 Å². The van der Waals surface area contributed by atoms with Gasteiger partial charge in [-0.25, -0.2) is 4.98 Å². The number of nitrogens with zero attached hydrogens (tertiary/aromatic N) is 2. The van der Waals surface area contributed by atoms with Crippen LogP contribution in [0.4, 0.5) is 0 Å². The van der Waals surface area contributed by atoms with Gasteiger partial charge in [0.1, 0.15) is 5.52 Å². The number of carbonyl (C=O) groups excluding carboxylic acids is 1. The fraction of sp³-hybridized carbons (Fsp3) is 0.333. The van der Waals surface area contributed by atoms with Crippen LogP contribution in [0, 0.1) is 0 Å². The van der Waals surface area contributed by atoms with Gasteiger partial charge in [0.2, 0.25) is 5.91 Å². The molecule has 1 fully saturated rings. The molecule has 0 unspecified atom stereocenters. The second kappa shape index (κ2) is 4.79. The molecule has 0 N–H and O–H groups in total. The third kappa shape index (κ3) is 2.39. The summed E-state index contributed by atoms with van der Waals surface area (Å²) in [7, 11) is 1.84. The fourth-order valence-corrected chi connectivity index (χ4v) is 1.59. The molecule has 1 aliphatic heterocycles. The van der Waals surface area contributed by atoms with E-state index < -0.39 is 0 Å². The third-order valence-corrected chi connectivity index (χ3v) is 2.55. The first kappa shape index (κ1) is 10.7. The second-order valence-electron chi connectivity index (χ2n) is 3.74. The minimum absolute atomic E-state index is 0.292. The average molecular weight is 218 g/mol. The van der Waals surface area contributed by atoms with E-state index in [9.17, 15) is 4.79 Å². The van der Waals surface area contributed by atoms with Crippen molar-refractivity contribution in [2.75, 3.05) is 13.6 Å². The van der Waals surface area contributed by atoms with Crippen LogP contribution >= 0.6 is 0 Å². The van der Waals surface area contributed by atoms with Gasteiger partial charge in [0.05, 0.1) is 0 Å². The van der Waals surface area contributed by atoms with Crippen molar-refractivity contribution in [2.45, 2.75) is 12.8 Å². The van der Waals surface area contributed by atoms with Crippen molar-refractivity contribution in [1.29, 1.82) is 0 Å². The highest BCUT2D eigenvalue weighted by Gasteiger charge is 2.14. The van der Waals surface area contributed by atoms with Crippen LogP contribution in [0.25, 0.3) is 11.1 Å². The molecule has 84 valence electrons. The number of hydrogen-bond donors (Lipinski definition) is 0. The standard InChI is InChI=1S/C7H5NO.C5H9NO/c1-2-4-7-6(3-1)8-5-9-7;1-6-4-2-3-5(6)7/h1-5H;2-4H2,1H3. The molecule has 4 heteroatoms. The lowest BCUT2D eigenvalue weighted by Gasteiger charge is -2.03. The first-order chi connectivity index (χ1) is 7.77. The maximum Gasteiger partial charge on any atom is 0.222 e. The number of hydrogen-bond acceptors (Lipinski definition) is 3. The van der Waals surface area contributed by atoms with Crippen LogP contribution in [0.15, 0.2) is 35.1 Å². The minimum atomic E-state index is 0.292. The summed E-state index contributed by atoms with van der Waals surface area (Å²) in [5.41, 5.74) is 1.76. The summed E-state index contributed by atoms with van der Waals surface area (Å²) in [6.07, 6.45) is 3.26. The number of para-hydroxylation sites is 2. The molecule has 0 spiro atoms. The quantitative estimate of drug-likeness (QED) is 0.680. The van der Waals surface area contributed by atoms with Gasteiger partial charge < -0.3 is 9.32 Å². The van der Waals surface area contributed by atoms with E-state index in [1.807, 2.05) is 31.3 Å². The number of likely N-dealkylation sites (tertiary alicyclic amines) is 1. The van der Waals surface area contributed by atoms with Crippen molar-refractivity contribution >= 4 is 17.0 Å². The van der Waals surface area contributed by atoms with Gasteiger partial charge in [-0.15, -0.1) is 0 Å². The van der Waals surface area contributed by atoms with Gasteiger partial charge >= 0.3 is 0 Å². The van der Waals surface area contributed by atoms with Crippen molar-refractivity contribution in [1.82, 2.24) is 9.88 Å². The molecular formula is C12H14N2O2. The van der Waals surface area contributed by atoms with Crippen LogP contribution in [-0.4, -0.2) is 29.4 Å². The maximum absolute atomic E-state index is 10.5. The Morgan fingerprint density at radius 2 is 2.19 bits per heavy atom. The molecule has 4 nitrogen and oxygen atoms in total. The molecule has 1 aliphatic rings. The van der Waals surface area contributed by atoms with E-state index in [0.717, 1.165) is 30.5 Å². The van der Waals surface area contributed by atoms with E-state index in [2.05, 4.69) is 4.98 Å². The second-order valence-corrected chi connectivity index (χ2v) is 3.74. The monoisotopic (exact) mass is 218 g/mol. The van der Waals surface area contributed by atoms with Gasteiger partial charge in [0, 0.05) is 20.0 Å². The van der Waals surface area contributed by atoms with E-state index in [0.29, 0.717) is 5.91 Å². The van der Waals surface area contributed by atoms with Gasteiger partial charge in [-0.2, -0.15) is 0 Å². The normalized spacial score (nSPS) is 15.1. The van der Waals surface area contributed by atoms with Crippen LogP contribution in [0.3, 0.4) is 0 Å². The van der Waals surface area contributed by atoms with Crippen molar-refractivity contribution in [2.24, 2.45) is 0 Å². The first-order valence-electron chi connectivity index (χ1n) is 5.29. The summed E-state index contributed by atoms with van der Waals surface area (Å²) in [6.45, 7) is 0.957. The maximum atomic E-state index is 10.5. The molecule has 0 bridgehead atoms. The predicted molar refractivity (Wildman–Crippen MR) is 60.9 cm³/mol. The zero-order valence-corrected chi connectivity index (χ0v) is 9.22. The van der Waals surface area contributed by atoms with Gasteiger partial charge in [-0.3, -0.25) is 4.79 Å².